The van der Waals surface area contributed by atoms with Gasteiger partial charge in [0, 0.05) is 17.6 Å². The summed E-state index contributed by atoms with van der Waals surface area (Å²) in [6, 6.07) is 16.4. The number of nitrogens with one attached hydrogen (secondary N) is 1. The van der Waals surface area contributed by atoms with Gasteiger partial charge in [0.05, 0.1) is 15.6 Å². The Hall–Kier alpha value is -3.14. The van der Waals surface area contributed by atoms with Crippen molar-refractivity contribution in [3.8, 4) is 0 Å². The summed E-state index contributed by atoms with van der Waals surface area (Å²) in [6.45, 7) is 4.66. The topological polar surface area (TPSA) is 86.8 Å². The van der Waals surface area contributed by atoms with Crippen LogP contribution in [0.1, 0.15) is 32.8 Å². The minimum absolute atomic E-state index is 0.0319. The van der Waals surface area contributed by atoms with Crippen LogP contribution in [0, 0.1) is 5.82 Å². The van der Waals surface area contributed by atoms with E-state index >= 15 is 0 Å². The molecule has 1 unspecified atom stereocenters. The molecule has 2 amide bonds. The molecular weight excluding hydrogens is 564 g/mol. The van der Waals surface area contributed by atoms with Crippen LogP contribution in [0.25, 0.3) is 0 Å². The zero-order valence-electron chi connectivity index (χ0n) is 21.8. The molecule has 208 valence electrons. The number of hydrogen-bond acceptors (Lipinski definition) is 4. The number of carbonyl (C=O) groups is 2. The number of rotatable bonds is 11. The van der Waals surface area contributed by atoms with Crippen molar-refractivity contribution in [3.05, 3.63) is 94.2 Å². The van der Waals surface area contributed by atoms with Crippen molar-refractivity contribution in [2.24, 2.45) is 0 Å². The van der Waals surface area contributed by atoms with Crippen molar-refractivity contribution in [1.29, 1.82) is 0 Å². The second-order valence-electron chi connectivity index (χ2n) is 9.16. The molecule has 0 aliphatic heterocycles. The Morgan fingerprint density at radius 2 is 1.62 bits per heavy atom. The summed E-state index contributed by atoms with van der Waals surface area (Å²) in [7, 11) is -4.26. The van der Waals surface area contributed by atoms with Crippen LogP contribution in [0.4, 0.5) is 10.1 Å². The average Bonchev–Trinajstić information content (AvgIpc) is 2.88. The summed E-state index contributed by atoms with van der Waals surface area (Å²) < 4.78 is 42.0. The third-order valence-electron chi connectivity index (χ3n) is 5.87. The number of carbonyl (C=O) groups excluding carboxylic acids is 2. The van der Waals surface area contributed by atoms with Crippen molar-refractivity contribution in [1.82, 2.24) is 10.2 Å². The van der Waals surface area contributed by atoms with Crippen molar-refractivity contribution < 1.29 is 22.4 Å². The van der Waals surface area contributed by atoms with Gasteiger partial charge in [0.15, 0.2) is 0 Å². The van der Waals surface area contributed by atoms with E-state index in [1.807, 2.05) is 0 Å². The SMILES string of the molecule is CCC(C(=O)NC(C)C)N(Cc1ccc(F)cc1)C(=O)CN(c1ccc(Cl)cc1Cl)S(=O)(=O)c1ccccc1. The van der Waals surface area contributed by atoms with Gasteiger partial charge in [-0.1, -0.05) is 60.5 Å². The lowest BCUT2D eigenvalue weighted by Crippen LogP contribution is -2.53. The first kappa shape index (κ1) is 30.4. The van der Waals surface area contributed by atoms with Gasteiger partial charge >= 0.3 is 0 Å². The van der Waals surface area contributed by atoms with Crippen molar-refractivity contribution >= 4 is 50.7 Å². The van der Waals surface area contributed by atoms with Gasteiger partial charge in [-0.05, 0) is 68.3 Å². The number of halogens is 3. The third-order valence-corrected chi connectivity index (χ3v) is 8.18. The monoisotopic (exact) mass is 593 g/mol. The Bertz CT molecular complexity index is 1400. The van der Waals surface area contributed by atoms with Gasteiger partial charge in [0.2, 0.25) is 11.8 Å². The van der Waals surface area contributed by atoms with E-state index in [9.17, 15) is 22.4 Å². The lowest BCUT2D eigenvalue weighted by Gasteiger charge is -2.33. The molecule has 0 saturated heterocycles. The van der Waals surface area contributed by atoms with Crippen LogP contribution in [-0.4, -0.2) is 43.8 Å². The lowest BCUT2D eigenvalue weighted by molar-refractivity contribution is -0.140. The molecule has 1 atom stereocenters. The Morgan fingerprint density at radius 3 is 2.18 bits per heavy atom. The van der Waals surface area contributed by atoms with Crippen LogP contribution < -0.4 is 9.62 Å². The molecule has 0 aromatic heterocycles. The number of nitrogens with zero attached hydrogens (tertiary/aromatic N) is 2. The van der Waals surface area contributed by atoms with Crippen LogP contribution in [0.3, 0.4) is 0 Å². The molecule has 3 aromatic carbocycles. The Labute approximate surface area is 238 Å². The smallest absolute Gasteiger partial charge is 0.264 e. The highest BCUT2D eigenvalue weighted by molar-refractivity contribution is 7.92. The zero-order valence-corrected chi connectivity index (χ0v) is 24.1. The number of anilines is 1. The van der Waals surface area contributed by atoms with Gasteiger partial charge in [0.1, 0.15) is 18.4 Å². The Morgan fingerprint density at radius 1 is 0.974 bits per heavy atom. The maximum Gasteiger partial charge on any atom is 0.264 e. The maximum atomic E-state index is 13.9. The molecule has 0 fully saturated rings. The summed E-state index contributed by atoms with van der Waals surface area (Å²) in [5.41, 5.74) is 0.627. The zero-order chi connectivity index (χ0) is 28.7. The molecular formula is C28H30Cl2FN3O4S. The predicted octanol–water partition coefficient (Wildman–Crippen LogP) is 5.66. The number of sulfonamides is 1. The first-order valence-corrected chi connectivity index (χ1v) is 14.5. The Kier molecular flexibility index (Phi) is 10.4. The van der Waals surface area contributed by atoms with Gasteiger partial charge in [-0.3, -0.25) is 13.9 Å². The molecule has 0 bridgehead atoms. The van der Waals surface area contributed by atoms with Gasteiger partial charge < -0.3 is 10.2 Å². The van der Waals surface area contributed by atoms with E-state index in [2.05, 4.69) is 5.32 Å². The molecule has 0 spiro atoms. The molecule has 0 radical (unpaired) electrons. The molecule has 39 heavy (non-hydrogen) atoms. The Balaban J connectivity index is 2.08. The van der Waals surface area contributed by atoms with E-state index in [1.165, 1.54) is 59.5 Å². The fourth-order valence-corrected chi connectivity index (χ4v) is 6.02. The van der Waals surface area contributed by atoms with E-state index in [4.69, 9.17) is 23.2 Å². The summed E-state index contributed by atoms with van der Waals surface area (Å²) in [6.07, 6.45) is 0.263. The van der Waals surface area contributed by atoms with Crippen LogP contribution in [0.15, 0.2) is 77.7 Å². The van der Waals surface area contributed by atoms with E-state index in [1.54, 1.807) is 39.0 Å². The molecule has 11 heteroatoms. The number of hydrogen-bond donors (Lipinski definition) is 1. The van der Waals surface area contributed by atoms with E-state index in [-0.39, 0.29) is 40.5 Å². The predicted molar refractivity (Wildman–Crippen MR) is 152 cm³/mol. The van der Waals surface area contributed by atoms with Crippen LogP contribution in [0.2, 0.25) is 10.0 Å². The van der Waals surface area contributed by atoms with Gasteiger partial charge in [-0.2, -0.15) is 0 Å². The van der Waals surface area contributed by atoms with Crippen LogP contribution in [0.5, 0.6) is 0 Å². The number of benzene rings is 3. The standard InChI is InChI=1S/C28H30Cl2FN3O4S/c1-4-25(28(36)32-19(2)3)33(17-20-10-13-22(31)14-11-20)27(35)18-34(26-15-12-21(29)16-24(26)30)39(37,38)23-8-6-5-7-9-23/h5-16,19,25H,4,17-18H2,1-3H3,(H,32,36). The number of amides is 2. The molecule has 3 aromatic rings. The normalized spacial score (nSPS) is 12.2. The highest BCUT2D eigenvalue weighted by atomic mass is 35.5. The van der Waals surface area contributed by atoms with Crippen molar-refractivity contribution in [2.45, 2.75) is 50.7 Å². The molecule has 0 aliphatic carbocycles. The molecule has 0 aliphatic rings. The summed E-state index contributed by atoms with van der Waals surface area (Å²) in [5, 5.41) is 3.14. The van der Waals surface area contributed by atoms with Crippen molar-refractivity contribution in [3.63, 3.8) is 0 Å². The fourth-order valence-electron chi connectivity index (χ4n) is 4.00. The maximum absolute atomic E-state index is 13.9. The summed E-state index contributed by atoms with van der Waals surface area (Å²) >= 11 is 12.5. The molecule has 7 nitrogen and oxygen atoms in total. The van der Waals surface area contributed by atoms with Crippen molar-refractivity contribution in [2.75, 3.05) is 10.8 Å². The van der Waals surface area contributed by atoms with Gasteiger partial charge in [0.25, 0.3) is 10.0 Å². The highest BCUT2D eigenvalue weighted by Crippen LogP contribution is 2.33. The first-order valence-electron chi connectivity index (χ1n) is 12.3. The van der Waals surface area contributed by atoms with E-state index in [0.29, 0.717) is 10.6 Å². The van der Waals surface area contributed by atoms with Crippen LogP contribution >= 0.6 is 23.2 Å². The highest BCUT2D eigenvalue weighted by Gasteiger charge is 2.34. The third kappa shape index (κ3) is 7.71. The average molecular weight is 595 g/mol. The van der Waals surface area contributed by atoms with Gasteiger partial charge in [-0.25, -0.2) is 12.8 Å². The van der Waals surface area contributed by atoms with Gasteiger partial charge in [-0.15, -0.1) is 0 Å². The summed E-state index contributed by atoms with van der Waals surface area (Å²) in [5.74, 6) is -1.47. The lowest BCUT2D eigenvalue weighted by atomic mass is 10.1. The molecule has 0 heterocycles. The second-order valence-corrected chi connectivity index (χ2v) is 11.9. The molecule has 3 rings (SSSR count). The first-order chi connectivity index (χ1) is 18.4. The van der Waals surface area contributed by atoms with E-state index < -0.39 is 34.3 Å². The fraction of sp³-hybridized carbons (Fsp3) is 0.286. The second kappa shape index (κ2) is 13.3. The van der Waals surface area contributed by atoms with Crippen LogP contribution in [-0.2, 0) is 26.2 Å². The largest absolute Gasteiger partial charge is 0.352 e. The van der Waals surface area contributed by atoms with E-state index in [0.717, 1.165) is 4.31 Å². The molecule has 0 saturated carbocycles. The quantitative estimate of drug-likeness (QED) is 0.311. The summed E-state index contributed by atoms with van der Waals surface area (Å²) in [4.78, 5) is 28.3. The molecule has 1 N–H and O–H groups in total. The minimum atomic E-state index is -4.26. The minimum Gasteiger partial charge on any atom is -0.352 e.